The van der Waals surface area contributed by atoms with Crippen molar-refractivity contribution in [1.82, 2.24) is 19.5 Å². The number of rotatable bonds is 5. The molecule has 0 aliphatic heterocycles. The van der Waals surface area contributed by atoms with Crippen molar-refractivity contribution in [2.45, 2.75) is 24.8 Å². The first-order valence-corrected chi connectivity index (χ1v) is 8.11. The number of nitrogens with two attached hydrogens (primary N) is 1. The Kier molecular flexibility index (Phi) is 4.50. The van der Waals surface area contributed by atoms with Gasteiger partial charge in [-0.1, -0.05) is 18.5 Å². The smallest absolute Gasteiger partial charge is 0.242 e. The highest BCUT2D eigenvalue weighted by atomic mass is 35.5. The van der Waals surface area contributed by atoms with Gasteiger partial charge in [0.25, 0.3) is 0 Å². The predicted octanol–water partition coefficient (Wildman–Crippen LogP) is 1.09. The quantitative estimate of drug-likeness (QED) is 0.854. The molecule has 0 saturated carbocycles. The van der Waals surface area contributed by atoms with Crippen LogP contribution in [0.4, 0.5) is 5.82 Å². The largest absolute Gasteiger partial charge is 0.382 e. The summed E-state index contributed by atoms with van der Waals surface area (Å²) in [6.45, 7) is 2.12. The molecule has 2 aromatic heterocycles. The summed E-state index contributed by atoms with van der Waals surface area (Å²) >= 11 is 5.79. The van der Waals surface area contributed by atoms with Crippen LogP contribution >= 0.6 is 11.6 Å². The van der Waals surface area contributed by atoms with E-state index in [1.165, 1.54) is 12.3 Å². The van der Waals surface area contributed by atoms with E-state index in [2.05, 4.69) is 14.8 Å². The highest BCUT2D eigenvalue weighted by Gasteiger charge is 2.17. The van der Waals surface area contributed by atoms with Crippen LogP contribution in [0.5, 0.6) is 0 Å². The third-order valence-corrected chi connectivity index (χ3v) is 4.61. The fraction of sp³-hybridized carbons (Fsp3) is 0.333. The van der Waals surface area contributed by atoms with Crippen molar-refractivity contribution >= 4 is 27.4 Å². The molecule has 0 amide bonds. The molecule has 2 rings (SSSR count). The van der Waals surface area contributed by atoms with Gasteiger partial charge < -0.3 is 5.73 Å². The van der Waals surface area contributed by atoms with E-state index < -0.39 is 10.0 Å². The first kappa shape index (κ1) is 15.7. The molecule has 0 atom stereocenters. The minimum absolute atomic E-state index is 0.0244. The highest BCUT2D eigenvalue weighted by molar-refractivity contribution is 7.89. The van der Waals surface area contributed by atoms with Crippen LogP contribution in [0, 0.1) is 0 Å². The number of hydrogen-bond acceptors (Lipinski definition) is 5. The Morgan fingerprint density at radius 1 is 1.48 bits per heavy atom. The fourth-order valence-electron chi connectivity index (χ4n) is 1.86. The van der Waals surface area contributed by atoms with Crippen LogP contribution in [0.15, 0.2) is 23.4 Å². The number of halogens is 1. The second kappa shape index (κ2) is 6.00. The molecule has 2 heterocycles. The summed E-state index contributed by atoms with van der Waals surface area (Å²) in [5.74, 6) is 0.0937. The van der Waals surface area contributed by atoms with Gasteiger partial charge in [0, 0.05) is 31.5 Å². The van der Waals surface area contributed by atoms with Crippen molar-refractivity contribution in [3.8, 4) is 0 Å². The van der Waals surface area contributed by atoms with E-state index in [4.69, 9.17) is 17.3 Å². The number of nitrogen functional groups attached to an aromatic ring is 1. The minimum Gasteiger partial charge on any atom is -0.382 e. The van der Waals surface area contributed by atoms with E-state index in [-0.39, 0.29) is 22.3 Å². The monoisotopic (exact) mass is 329 g/mol. The number of pyridine rings is 1. The Morgan fingerprint density at radius 2 is 2.19 bits per heavy atom. The summed E-state index contributed by atoms with van der Waals surface area (Å²) in [4.78, 5) is 3.72. The number of aryl methyl sites for hydroxylation is 2. The van der Waals surface area contributed by atoms with Crippen LogP contribution in [0.25, 0.3) is 0 Å². The van der Waals surface area contributed by atoms with E-state index in [9.17, 15) is 8.42 Å². The fourth-order valence-corrected chi connectivity index (χ4v) is 3.07. The topological polar surface area (TPSA) is 103 Å². The van der Waals surface area contributed by atoms with Crippen LogP contribution in [0.3, 0.4) is 0 Å². The molecule has 2 aromatic rings. The van der Waals surface area contributed by atoms with Gasteiger partial charge in [-0.15, -0.1) is 0 Å². The van der Waals surface area contributed by atoms with Crippen LogP contribution < -0.4 is 10.5 Å². The van der Waals surface area contributed by atoms with Gasteiger partial charge in [0.1, 0.15) is 10.7 Å². The van der Waals surface area contributed by atoms with E-state index in [1.54, 1.807) is 17.9 Å². The lowest BCUT2D eigenvalue weighted by Gasteiger charge is -2.07. The Bertz CT molecular complexity index is 757. The van der Waals surface area contributed by atoms with Crippen LogP contribution in [-0.2, 0) is 30.0 Å². The van der Waals surface area contributed by atoms with Gasteiger partial charge in [-0.25, -0.2) is 18.1 Å². The van der Waals surface area contributed by atoms with Crippen molar-refractivity contribution in [1.29, 1.82) is 0 Å². The molecular weight excluding hydrogens is 314 g/mol. The lowest BCUT2D eigenvalue weighted by atomic mass is 10.2. The molecule has 0 spiro atoms. The average Bonchev–Trinajstić information content (AvgIpc) is 2.80. The second-order valence-corrected chi connectivity index (χ2v) is 6.67. The van der Waals surface area contributed by atoms with E-state index in [0.717, 1.165) is 17.7 Å². The molecule has 21 heavy (non-hydrogen) atoms. The van der Waals surface area contributed by atoms with Crippen LogP contribution in [0.2, 0.25) is 5.02 Å². The standard InChI is InChI=1S/C12H16ClN5O2S/c1-3-11-8(7-18(2)17-11)5-16-21(19,20)9-4-10(13)12(14)15-6-9/h4,6-7,16H,3,5H2,1-2H3,(H2,14,15). The van der Waals surface area contributed by atoms with Crippen molar-refractivity contribution in [2.75, 3.05) is 5.73 Å². The second-order valence-electron chi connectivity index (χ2n) is 4.49. The van der Waals surface area contributed by atoms with Gasteiger partial charge in [-0.3, -0.25) is 4.68 Å². The molecular formula is C12H16ClN5O2S. The molecule has 0 aliphatic carbocycles. The number of hydrogen-bond donors (Lipinski definition) is 2. The molecule has 3 N–H and O–H groups in total. The number of anilines is 1. The average molecular weight is 330 g/mol. The first-order valence-electron chi connectivity index (χ1n) is 6.25. The molecule has 7 nitrogen and oxygen atoms in total. The Morgan fingerprint density at radius 3 is 2.81 bits per heavy atom. The lowest BCUT2D eigenvalue weighted by molar-refractivity contribution is 0.580. The lowest BCUT2D eigenvalue weighted by Crippen LogP contribution is -2.23. The van der Waals surface area contributed by atoms with Gasteiger partial charge >= 0.3 is 0 Å². The first-order chi connectivity index (χ1) is 9.83. The maximum Gasteiger partial charge on any atom is 0.242 e. The van der Waals surface area contributed by atoms with E-state index in [0.29, 0.717) is 0 Å². The molecule has 0 saturated heterocycles. The number of nitrogens with one attached hydrogen (secondary N) is 1. The number of nitrogens with zero attached hydrogens (tertiary/aromatic N) is 3. The summed E-state index contributed by atoms with van der Waals surface area (Å²) in [6, 6.07) is 1.27. The molecule has 114 valence electrons. The molecule has 0 aromatic carbocycles. The SMILES string of the molecule is CCc1nn(C)cc1CNS(=O)(=O)c1cnc(N)c(Cl)c1. The zero-order chi connectivity index (χ0) is 15.6. The van der Waals surface area contributed by atoms with Crippen molar-refractivity contribution in [3.63, 3.8) is 0 Å². The Hall–Kier alpha value is -1.64. The minimum atomic E-state index is -3.70. The predicted molar refractivity (Wildman–Crippen MR) is 80.3 cm³/mol. The summed E-state index contributed by atoms with van der Waals surface area (Å²) in [7, 11) is -1.91. The summed E-state index contributed by atoms with van der Waals surface area (Å²) in [5, 5.41) is 4.37. The maximum atomic E-state index is 12.2. The Labute approximate surface area is 128 Å². The maximum absolute atomic E-state index is 12.2. The highest BCUT2D eigenvalue weighted by Crippen LogP contribution is 2.20. The van der Waals surface area contributed by atoms with Gasteiger partial charge in [0.15, 0.2) is 0 Å². The van der Waals surface area contributed by atoms with Crippen molar-refractivity contribution in [3.05, 3.63) is 34.7 Å². The molecule has 0 aliphatic rings. The zero-order valence-electron chi connectivity index (χ0n) is 11.7. The number of sulfonamides is 1. The van der Waals surface area contributed by atoms with Crippen LogP contribution in [-0.4, -0.2) is 23.2 Å². The Balaban J connectivity index is 2.19. The van der Waals surface area contributed by atoms with Crippen molar-refractivity contribution < 1.29 is 8.42 Å². The van der Waals surface area contributed by atoms with Gasteiger partial charge in [-0.05, 0) is 12.5 Å². The van der Waals surface area contributed by atoms with Gasteiger partial charge in [-0.2, -0.15) is 5.10 Å². The van der Waals surface area contributed by atoms with Gasteiger partial charge in [0.05, 0.1) is 10.7 Å². The van der Waals surface area contributed by atoms with Crippen molar-refractivity contribution in [2.24, 2.45) is 7.05 Å². The zero-order valence-corrected chi connectivity index (χ0v) is 13.2. The summed E-state index contributed by atoms with van der Waals surface area (Å²) in [5.41, 5.74) is 7.16. The molecule has 0 radical (unpaired) electrons. The molecule has 9 heteroatoms. The molecule has 0 bridgehead atoms. The third-order valence-electron chi connectivity index (χ3n) is 2.93. The third kappa shape index (κ3) is 3.52. The van der Waals surface area contributed by atoms with Crippen LogP contribution in [0.1, 0.15) is 18.2 Å². The van der Waals surface area contributed by atoms with E-state index >= 15 is 0 Å². The molecule has 0 fully saturated rings. The van der Waals surface area contributed by atoms with E-state index in [1.807, 2.05) is 6.92 Å². The summed E-state index contributed by atoms with van der Waals surface area (Å²) in [6.07, 6.45) is 3.69. The normalized spacial score (nSPS) is 11.8. The summed E-state index contributed by atoms with van der Waals surface area (Å²) < 4.78 is 28.6. The number of aromatic nitrogens is 3. The molecule has 0 unspecified atom stereocenters. The van der Waals surface area contributed by atoms with Gasteiger partial charge in [0.2, 0.25) is 10.0 Å².